The Kier molecular flexibility index (Phi) is 9.74. The molecule has 0 aromatic rings. The van der Waals surface area contributed by atoms with Crippen molar-refractivity contribution in [3.05, 3.63) is 0 Å². The summed E-state index contributed by atoms with van der Waals surface area (Å²) in [6.07, 6.45) is 3.18. The lowest BCUT2D eigenvalue weighted by Gasteiger charge is -2.29. The first-order valence-electron chi connectivity index (χ1n) is 6.57. The molecular weight excluding hydrogens is 218 g/mol. The van der Waals surface area contributed by atoms with Crippen molar-refractivity contribution in [1.82, 2.24) is 5.32 Å². The zero-order chi connectivity index (χ0) is 13.1. The van der Waals surface area contributed by atoms with Crippen LogP contribution in [0.4, 0.5) is 0 Å². The molecular formula is C13H29NO3. The molecule has 4 heteroatoms. The van der Waals surface area contributed by atoms with E-state index in [1.807, 2.05) is 20.9 Å². The van der Waals surface area contributed by atoms with Crippen molar-refractivity contribution in [2.24, 2.45) is 0 Å². The molecule has 0 spiro atoms. The molecule has 17 heavy (non-hydrogen) atoms. The monoisotopic (exact) mass is 247 g/mol. The van der Waals surface area contributed by atoms with E-state index >= 15 is 0 Å². The van der Waals surface area contributed by atoms with E-state index in [9.17, 15) is 5.11 Å². The molecule has 0 radical (unpaired) electrons. The second-order valence-corrected chi connectivity index (χ2v) is 4.82. The van der Waals surface area contributed by atoms with Crippen molar-refractivity contribution >= 4 is 0 Å². The zero-order valence-corrected chi connectivity index (χ0v) is 11.8. The average molecular weight is 247 g/mol. The minimum Gasteiger partial charge on any atom is -0.394 e. The number of unbranched alkanes of at least 4 members (excludes halogenated alkanes) is 1. The predicted molar refractivity (Wildman–Crippen MR) is 70.3 cm³/mol. The first kappa shape index (κ1) is 16.8. The van der Waals surface area contributed by atoms with Gasteiger partial charge in [-0.25, -0.2) is 0 Å². The number of hydrogen-bond acceptors (Lipinski definition) is 4. The van der Waals surface area contributed by atoms with Crippen molar-refractivity contribution in [1.29, 1.82) is 0 Å². The van der Waals surface area contributed by atoms with E-state index in [0.717, 1.165) is 25.9 Å². The van der Waals surface area contributed by atoms with Crippen molar-refractivity contribution < 1.29 is 14.6 Å². The summed E-state index contributed by atoms with van der Waals surface area (Å²) in [5, 5.41) is 12.4. The van der Waals surface area contributed by atoms with Crippen LogP contribution in [0.5, 0.6) is 0 Å². The summed E-state index contributed by atoms with van der Waals surface area (Å²) in [5.74, 6) is 0. The van der Waals surface area contributed by atoms with Gasteiger partial charge in [-0.05, 0) is 33.7 Å². The van der Waals surface area contributed by atoms with E-state index in [4.69, 9.17) is 9.47 Å². The molecule has 0 rings (SSSR count). The lowest BCUT2D eigenvalue weighted by molar-refractivity contribution is -0.00647. The first-order valence-corrected chi connectivity index (χ1v) is 6.57. The largest absolute Gasteiger partial charge is 0.394 e. The van der Waals surface area contributed by atoms with Gasteiger partial charge in [-0.1, -0.05) is 13.3 Å². The molecule has 0 aliphatic rings. The van der Waals surface area contributed by atoms with E-state index in [1.165, 1.54) is 0 Å². The van der Waals surface area contributed by atoms with Gasteiger partial charge in [-0.2, -0.15) is 0 Å². The second-order valence-electron chi connectivity index (χ2n) is 4.82. The Morgan fingerprint density at radius 1 is 1.29 bits per heavy atom. The lowest BCUT2D eigenvalue weighted by atomic mass is 9.96. The lowest BCUT2D eigenvalue weighted by Crippen LogP contribution is -2.46. The fourth-order valence-corrected chi connectivity index (χ4v) is 1.60. The minimum absolute atomic E-state index is 0.115. The van der Waals surface area contributed by atoms with Gasteiger partial charge in [0.1, 0.15) is 0 Å². The van der Waals surface area contributed by atoms with E-state index in [1.54, 1.807) is 0 Å². The third-order valence-corrected chi connectivity index (χ3v) is 2.96. The molecule has 0 saturated heterocycles. The van der Waals surface area contributed by atoms with Crippen molar-refractivity contribution in [3.8, 4) is 0 Å². The molecule has 0 aromatic heterocycles. The van der Waals surface area contributed by atoms with Crippen molar-refractivity contribution in [2.75, 3.05) is 33.5 Å². The van der Waals surface area contributed by atoms with Gasteiger partial charge in [0.15, 0.2) is 0 Å². The topological polar surface area (TPSA) is 50.7 Å². The normalized spacial score (nSPS) is 16.8. The summed E-state index contributed by atoms with van der Waals surface area (Å²) in [6.45, 7) is 8.37. The van der Waals surface area contributed by atoms with Crippen LogP contribution in [0.2, 0.25) is 0 Å². The van der Waals surface area contributed by atoms with Crippen LogP contribution >= 0.6 is 0 Å². The Balaban J connectivity index is 3.55. The first-order chi connectivity index (χ1) is 8.08. The Morgan fingerprint density at radius 2 is 2.00 bits per heavy atom. The predicted octanol–water partition coefficient (Wildman–Crippen LogP) is 1.57. The maximum Gasteiger partial charge on any atom is 0.0704 e. The highest BCUT2D eigenvalue weighted by Gasteiger charge is 2.23. The summed E-state index contributed by atoms with van der Waals surface area (Å²) in [4.78, 5) is 0. The molecule has 4 nitrogen and oxygen atoms in total. The number of nitrogens with one attached hydrogen (secondary N) is 1. The molecule has 104 valence electrons. The Hall–Kier alpha value is -0.160. The molecule has 0 heterocycles. The van der Waals surface area contributed by atoms with E-state index in [2.05, 4.69) is 12.2 Å². The highest BCUT2D eigenvalue weighted by atomic mass is 16.5. The molecule has 2 N–H and O–H groups in total. The molecule has 0 aromatic carbocycles. The molecule has 0 aliphatic carbocycles. The summed E-state index contributed by atoms with van der Waals surface area (Å²) in [6, 6.07) is 0. The minimum atomic E-state index is -0.261. The number of hydrogen-bond donors (Lipinski definition) is 2. The van der Waals surface area contributed by atoms with Crippen LogP contribution in [0.25, 0.3) is 0 Å². The summed E-state index contributed by atoms with van der Waals surface area (Å²) < 4.78 is 11.1. The average Bonchev–Trinajstić information content (AvgIpc) is 2.33. The SMILES string of the molecule is CCCCOCCOC(C)CC(C)(CO)NC. The fraction of sp³-hybridized carbons (Fsp3) is 1.00. The maximum absolute atomic E-state index is 9.26. The van der Waals surface area contributed by atoms with Crippen LogP contribution in [0.15, 0.2) is 0 Å². The summed E-state index contributed by atoms with van der Waals surface area (Å²) in [7, 11) is 1.86. The molecule has 0 fully saturated rings. The molecule has 2 atom stereocenters. The molecule has 0 amide bonds. The van der Waals surface area contributed by atoms with Gasteiger partial charge < -0.3 is 19.9 Å². The molecule has 0 aliphatic heterocycles. The Morgan fingerprint density at radius 3 is 2.53 bits per heavy atom. The number of ether oxygens (including phenoxy) is 2. The van der Waals surface area contributed by atoms with Crippen molar-refractivity contribution in [2.45, 2.75) is 51.7 Å². The second kappa shape index (κ2) is 9.83. The smallest absolute Gasteiger partial charge is 0.0704 e. The van der Waals surface area contributed by atoms with Gasteiger partial charge in [-0.3, -0.25) is 0 Å². The van der Waals surface area contributed by atoms with Gasteiger partial charge >= 0.3 is 0 Å². The highest BCUT2D eigenvalue weighted by Crippen LogP contribution is 2.13. The third kappa shape index (κ3) is 8.55. The summed E-state index contributed by atoms with van der Waals surface area (Å²) in [5.41, 5.74) is -0.261. The number of aliphatic hydroxyl groups excluding tert-OH is 1. The number of aliphatic hydroxyl groups is 1. The standard InChI is InChI=1S/C13H29NO3/c1-5-6-7-16-8-9-17-12(2)10-13(3,11-15)14-4/h12,14-15H,5-11H2,1-4H3. The van der Waals surface area contributed by atoms with Crippen molar-refractivity contribution in [3.63, 3.8) is 0 Å². The van der Waals surface area contributed by atoms with Crippen LogP contribution in [0, 0.1) is 0 Å². The van der Waals surface area contributed by atoms with Gasteiger partial charge in [0, 0.05) is 12.1 Å². The van der Waals surface area contributed by atoms with E-state index in [-0.39, 0.29) is 18.2 Å². The van der Waals surface area contributed by atoms with E-state index < -0.39 is 0 Å². The maximum atomic E-state index is 9.26. The van der Waals surface area contributed by atoms with E-state index in [0.29, 0.717) is 13.2 Å². The Labute approximate surface area is 106 Å². The van der Waals surface area contributed by atoms with Gasteiger partial charge in [0.05, 0.1) is 25.9 Å². The van der Waals surface area contributed by atoms with Gasteiger partial charge in [-0.15, -0.1) is 0 Å². The van der Waals surface area contributed by atoms with Crippen LogP contribution in [0.1, 0.15) is 40.0 Å². The van der Waals surface area contributed by atoms with Crippen LogP contribution in [-0.4, -0.2) is 50.2 Å². The van der Waals surface area contributed by atoms with Crippen LogP contribution < -0.4 is 5.32 Å². The molecule has 0 bridgehead atoms. The van der Waals surface area contributed by atoms with Crippen LogP contribution in [0.3, 0.4) is 0 Å². The summed E-state index contributed by atoms with van der Waals surface area (Å²) >= 11 is 0. The fourth-order valence-electron chi connectivity index (χ4n) is 1.60. The molecule has 0 saturated carbocycles. The highest BCUT2D eigenvalue weighted by molar-refractivity contribution is 4.82. The number of likely N-dealkylation sites (N-methyl/N-ethyl adjacent to an activating group) is 1. The third-order valence-electron chi connectivity index (χ3n) is 2.96. The van der Waals surface area contributed by atoms with Crippen LogP contribution in [-0.2, 0) is 9.47 Å². The molecule has 2 unspecified atom stereocenters. The number of rotatable bonds is 11. The van der Waals surface area contributed by atoms with Gasteiger partial charge in [0.25, 0.3) is 0 Å². The quantitative estimate of drug-likeness (QED) is 0.544. The Bertz CT molecular complexity index is 172. The van der Waals surface area contributed by atoms with Gasteiger partial charge in [0.2, 0.25) is 0 Å². The zero-order valence-electron chi connectivity index (χ0n) is 11.8.